The van der Waals surface area contributed by atoms with Crippen molar-refractivity contribution in [2.24, 2.45) is 0 Å². The molecule has 0 rings (SSSR count). The first kappa shape index (κ1) is 4.53. The molecule has 0 amide bonds. The molecule has 0 saturated heterocycles. The Hall–Kier alpha value is -0.470. The third-order valence-electron chi connectivity index (χ3n) is 0.0714. The second-order valence-corrected chi connectivity index (χ2v) is 0.355. The molecule has 0 aliphatic rings. The fourth-order valence-corrected chi connectivity index (χ4v) is 0. The summed E-state index contributed by atoms with van der Waals surface area (Å²) in [6.45, 7) is 0. The molecule has 5 heavy (non-hydrogen) atoms. The highest BCUT2D eigenvalue weighted by molar-refractivity contribution is 4.57. The van der Waals surface area contributed by atoms with Gasteiger partial charge in [0.05, 0.1) is 0 Å². The highest BCUT2D eigenvalue weighted by Crippen LogP contribution is 1.92. The Morgan fingerprint density at radius 3 is 1.60 bits per heavy atom. The van der Waals surface area contributed by atoms with E-state index in [0.29, 0.717) is 0 Å². The molecule has 0 aliphatic heterocycles. The van der Waals surface area contributed by atoms with E-state index in [-0.39, 0.29) is 6.33 Å². The van der Waals surface area contributed by atoms with Crippen LogP contribution in [0.3, 0.4) is 0 Å². The summed E-state index contributed by atoms with van der Waals surface area (Å²) in [5.41, 5.74) is 0. The van der Waals surface area contributed by atoms with Crippen molar-refractivity contribution in [1.82, 2.24) is 0 Å². The van der Waals surface area contributed by atoms with Gasteiger partial charge in [-0.05, 0) is 0 Å². The molecule has 0 atom stereocenters. The van der Waals surface area contributed by atoms with E-state index in [4.69, 9.17) is 0 Å². The molecule has 0 nitrogen and oxygen atoms in total. The molecule has 0 saturated carbocycles. The van der Waals surface area contributed by atoms with Gasteiger partial charge in [0.15, 0.2) is 0 Å². The average Bonchev–Trinajstić information content (AvgIpc) is 1.38. The number of halogens is 3. The monoisotopic (exact) mass is 81.0 g/mol. The predicted octanol–water partition coefficient (Wildman–Crippen LogP) is 1.50. The van der Waals surface area contributed by atoms with Crippen molar-refractivity contribution in [3.05, 3.63) is 12.4 Å². The second kappa shape index (κ2) is 1.81. The number of rotatable bonds is 0. The van der Waals surface area contributed by atoms with E-state index < -0.39 is 6.08 Å². The molecule has 0 bridgehead atoms. The minimum atomic E-state index is -2.41. The van der Waals surface area contributed by atoms with Crippen molar-refractivity contribution in [3.8, 4) is 0 Å². The smallest absolute Gasteiger partial charge is 0.198 e. The zero-order valence-electron chi connectivity index (χ0n) is 2.13. The van der Waals surface area contributed by atoms with E-state index in [1.807, 2.05) is 0 Å². The molecule has 0 aliphatic carbocycles. The van der Waals surface area contributed by atoms with E-state index in [0.717, 1.165) is 0 Å². The lowest BCUT2D eigenvalue weighted by Gasteiger charge is -1.58. The Morgan fingerprint density at radius 2 is 1.60 bits per heavy atom. The summed E-state index contributed by atoms with van der Waals surface area (Å²) in [4.78, 5) is 0. The van der Waals surface area contributed by atoms with Crippen molar-refractivity contribution in [2.45, 2.75) is 0 Å². The van der Waals surface area contributed by atoms with Crippen molar-refractivity contribution >= 4 is 0 Å². The molecular formula is C2F3. The van der Waals surface area contributed by atoms with E-state index in [2.05, 4.69) is 0 Å². The first-order valence-corrected chi connectivity index (χ1v) is 0.817. The number of hydrogen-bond donors (Lipinski definition) is 0. The molecule has 0 aromatic heterocycles. The fraction of sp³-hybridized carbons (Fsp3) is 0. The van der Waals surface area contributed by atoms with Gasteiger partial charge in [-0.2, -0.15) is 13.2 Å². The van der Waals surface area contributed by atoms with Gasteiger partial charge in [0.1, 0.15) is 0 Å². The minimum absolute atomic E-state index is 0.111. The third kappa shape index (κ3) is 3.53. The highest BCUT2D eigenvalue weighted by Gasteiger charge is 1.80. The summed E-state index contributed by atoms with van der Waals surface area (Å²) >= 11 is 0. The van der Waals surface area contributed by atoms with Crippen molar-refractivity contribution < 1.29 is 13.2 Å². The standard InChI is InChI=1S/C2F3/c3-1-2(4)5. The molecule has 3 heteroatoms. The SMILES string of the molecule is F[C]=C(F)F. The quantitative estimate of drug-likeness (QED) is 0.414. The van der Waals surface area contributed by atoms with Gasteiger partial charge in [0, 0.05) is 0 Å². The molecule has 0 N–H and O–H groups in total. The summed E-state index contributed by atoms with van der Waals surface area (Å²) < 4.78 is 30.5. The lowest BCUT2D eigenvalue weighted by Crippen LogP contribution is -1.43. The van der Waals surface area contributed by atoms with E-state index in [1.165, 1.54) is 0 Å². The molecular weight excluding hydrogens is 81.0 g/mol. The van der Waals surface area contributed by atoms with Crippen LogP contribution in [0.2, 0.25) is 0 Å². The van der Waals surface area contributed by atoms with Gasteiger partial charge in [-0.25, -0.2) is 0 Å². The second-order valence-electron chi connectivity index (χ2n) is 0.355. The maximum absolute atomic E-state index is 10.2. The molecule has 0 heterocycles. The molecule has 1 radical (unpaired) electrons. The van der Waals surface area contributed by atoms with Crippen molar-refractivity contribution in [3.63, 3.8) is 0 Å². The topological polar surface area (TPSA) is 0 Å². The van der Waals surface area contributed by atoms with Crippen LogP contribution in [-0.2, 0) is 0 Å². The zero-order valence-corrected chi connectivity index (χ0v) is 2.13. The van der Waals surface area contributed by atoms with Gasteiger partial charge >= 0.3 is 6.08 Å². The van der Waals surface area contributed by atoms with Gasteiger partial charge in [0.25, 0.3) is 0 Å². The number of hydrogen-bond acceptors (Lipinski definition) is 0. The first-order chi connectivity index (χ1) is 2.27. The van der Waals surface area contributed by atoms with Crippen LogP contribution in [0.15, 0.2) is 6.08 Å². The molecule has 0 unspecified atom stereocenters. The van der Waals surface area contributed by atoms with E-state index >= 15 is 0 Å². The van der Waals surface area contributed by atoms with Crippen LogP contribution in [0, 0.1) is 6.33 Å². The van der Waals surface area contributed by atoms with Gasteiger partial charge < -0.3 is 0 Å². The maximum Gasteiger partial charge on any atom is 0.308 e. The van der Waals surface area contributed by atoms with Crippen LogP contribution in [0.5, 0.6) is 0 Å². The van der Waals surface area contributed by atoms with Gasteiger partial charge in [0.2, 0.25) is 6.33 Å². The lowest BCUT2D eigenvalue weighted by molar-refractivity contribution is 0.390. The summed E-state index contributed by atoms with van der Waals surface area (Å²) in [6, 6.07) is 0. The highest BCUT2D eigenvalue weighted by atomic mass is 19.3. The molecule has 0 aromatic rings. The Morgan fingerprint density at radius 1 is 1.40 bits per heavy atom. The van der Waals surface area contributed by atoms with Gasteiger partial charge in [-0.15, -0.1) is 0 Å². The van der Waals surface area contributed by atoms with Crippen LogP contribution >= 0.6 is 0 Å². The average molecular weight is 81.0 g/mol. The fourth-order valence-electron chi connectivity index (χ4n) is 0. The molecule has 0 spiro atoms. The largest absolute Gasteiger partial charge is 0.308 e. The Kier molecular flexibility index (Phi) is 1.64. The van der Waals surface area contributed by atoms with Crippen LogP contribution in [0.25, 0.3) is 0 Å². The molecule has 0 fully saturated rings. The minimum Gasteiger partial charge on any atom is -0.198 e. The van der Waals surface area contributed by atoms with Gasteiger partial charge in [-0.1, -0.05) is 0 Å². The van der Waals surface area contributed by atoms with Crippen LogP contribution < -0.4 is 0 Å². The van der Waals surface area contributed by atoms with E-state index in [1.54, 1.807) is 0 Å². The van der Waals surface area contributed by atoms with Crippen LogP contribution in [0.1, 0.15) is 0 Å². The zero-order chi connectivity index (χ0) is 4.28. The predicted molar refractivity (Wildman–Crippen MR) is 10.1 cm³/mol. The maximum atomic E-state index is 10.2. The summed E-state index contributed by atoms with van der Waals surface area (Å²) in [7, 11) is 0. The van der Waals surface area contributed by atoms with Crippen LogP contribution in [0.4, 0.5) is 13.2 Å². The third-order valence-corrected chi connectivity index (χ3v) is 0.0714. The molecule has 0 aromatic carbocycles. The Labute approximate surface area is 26.9 Å². The molecule has 29 valence electrons. The van der Waals surface area contributed by atoms with Crippen molar-refractivity contribution in [2.75, 3.05) is 0 Å². The summed E-state index contributed by atoms with van der Waals surface area (Å²) in [6.07, 6.45) is -2.30. The van der Waals surface area contributed by atoms with Gasteiger partial charge in [-0.3, -0.25) is 0 Å². The Bertz CT molecular complexity index is 42.9. The Balaban J connectivity index is 3.14. The van der Waals surface area contributed by atoms with Crippen molar-refractivity contribution in [1.29, 1.82) is 0 Å². The normalized spacial score (nSPS) is 7.00. The first-order valence-electron chi connectivity index (χ1n) is 0.817. The van der Waals surface area contributed by atoms with E-state index in [9.17, 15) is 13.2 Å². The summed E-state index contributed by atoms with van der Waals surface area (Å²) in [5, 5.41) is 0. The lowest BCUT2D eigenvalue weighted by atomic mass is 11.1. The summed E-state index contributed by atoms with van der Waals surface area (Å²) in [5.74, 6) is 0. The van der Waals surface area contributed by atoms with Crippen LogP contribution in [-0.4, -0.2) is 0 Å².